The fraction of sp³-hybridized carbons (Fsp3) is 0.286. The van der Waals surface area contributed by atoms with Crippen molar-refractivity contribution in [3.05, 3.63) is 42.9 Å². The summed E-state index contributed by atoms with van der Waals surface area (Å²) in [6.45, 7) is 5.83. The van der Waals surface area contributed by atoms with Crippen LogP contribution in [0.15, 0.2) is 18.2 Å². The van der Waals surface area contributed by atoms with Crippen LogP contribution >= 0.6 is 33.9 Å². The summed E-state index contributed by atoms with van der Waals surface area (Å²) in [6.07, 6.45) is 0. The van der Waals surface area contributed by atoms with Crippen molar-refractivity contribution in [2.24, 2.45) is 0 Å². The number of phenolic OH excluding ortho intramolecular Hbond substituents is 1. The van der Waals surface area contributed by atoms with Crippen LogP contribution in [0.3, 0.4) is 0 Å². The minimum atomic E-state index is -0.199. The van der Waals surface area contributed by atoms with Crippen LogP contribution in [-0.2, 0) is 0 Å². The third-order valence-corrected chi connectivity index (χ3v) is 5.06. The van der Waals surface area contributed by atoms with Gasteiger partial charge in [0.1, 0.15) is 5.75 Å². The van der Waals surface area contributed by atoms with Gasteiger partial charge in [0.15, 0.2) is 0 Å². The van der Waals surface area contributed by atoms with Crippen LogP contribution in [-0.4, -0.2) is 16.0 Å². The van der Waals surface area contributed by atoms with Gasteiger partial charge in [0.25, 0.3) is 5.91 Å². The van der Waals surface area contributed by atoms with Gasteiger partial charge < -0.3 is 10.4 Å². The topological polar surface area (TPSA) is 62.2 Å². The van der Waals surface area contributed by atoms with E-state index in [1.54, 1.807) is 23.5 Å². The van der Waals surface area contributed by atoms with E-state index in [0.29, 0.717) is 5.56 Å². The number of carbonyl (C=O) groups excluding carboxylic acids is 1. The van der Waals surface area contributed by atoms with Crippen molar-refractivity contribution in [2.45, 2.75) is 26.8 Å². The van der Waals surface area contributed by atoms with Gasteiger partial charge in [-0.2, -0.15) is 0 Å². The molecule has 1 unspecified atom stereocenters. The number of phenols is 1. The Morgan fingerprint density at radius 1 is 1.45 bits per heavy atom. The molecule has 1 atom stereocenters. The SMILES string of the molecule is Cc1nc(C)c(C(C)NC(=O)c2ccc(I)c(O)c2)s1. The maximum absolute atomic E-state index is 12.2. The Morgan fingerprint density at radius 3 is 2.70 bits per heavy atom. The molecule has 0 radical (unpaired) electrons. The molecule has 0 aliphatic rings. The number of rotatable bonds is 3. The minimum absolute atomic E-state index is 0.102. The van der Waals surface area contributed by atoms with Gasteiger partial charge in [-0.1, -0.05) is 0 Å². The van der Waals surface area contributed by atoms with E-state index in [4.69, 9.17) is 0 Å². The van der Waals surface area contributed by atoms with Gasteiger partial charge in [0.2, 0.25) is 0 Å². The quantitative estimate of drug-likeness (QED) is 0.772. The molecule has 0 saturated carbocycles. The molecule has 2 rings (SSSR count). The molecule has 20 heavy (non-hydrogen) atoms. The van der Waals surface area contributed by atoms with Crippen LogP contribution in [0, 0.1) is 17.4 Å². The lowest BCUT2D eigenvalue weighted by atomic mass is 10.1. The molecule has 6 heteroatoms. The lowest BCUT2D eigenvalue weighted by Crippen LogP contribution is -2.26. The van der Waals surface area contributed by atoms with Crippen LogP contribution in [0.1, 0.15) is 38.9 Å². The highest BCUT2D eigenvalue weighted by Crippen LogP contribution is 2.25. The lowest BCUT2D eigenvalue weighted by Gasteiger charge is -2.13. The fourth-order valence-corrected chi connectivity index (χ4v) is 3.21. The minimum Gasteiger partial charge on any atom is -0.507 e. The van der Waals surface area contributed by atoms with Crippen LogP contribution in [0.4, 0.5) is 0 Å². The molecule has 1 aromatic carbocycles. The van der Waals surface area contributed by atoms with E-state index in [-0.39, 0.29) is 17.7 Å². The molecule has 1 heterocycles. The number of aromatic hydroxyl groups is 1. The first-order valence-electron chi connectivity index (χ1n) is 6.11. The molecule has 106 valence electrons. The van der Waals surface area contributed by atoms with Crippen LogP contribution in [0.5, 0.6) is 5.75 Å². The molecule has 0 saturated heterocycles. The predicted octanol–water partition coefficient (Wildman–Crippen LogP) is 3.56. The summed E-state index contributed by atoms with van der Waals surface area (Å²) in [5.41, 5.74) is 1.40. The van der Waals surface area contributed by atoms with Crippen molar-refractivity contribution < 1.29 is 9.90 Å². The monoisotopic (exact) mass is 402 g/mol. The van der Waals surface area contributed by atoms with Gasteiger partial charge in [-0.05, 0) is 61.6 Å². The van der Waals surface area contributed by atoms with Gasteiger partial charge in [0, 0.05) is 10.4 Å². The predicted molar refractivity (Wildman–Crippen MR) is 88.3 cm³/mol. The van der Waals surface area contributed by atoms with Gasteiger partial charge in [0.05, 0.1) is 20.3 Å². The van der Waals surface area contributed by atoms with Crippen LogP contribution < -0.4 is 5.32 Å². The molecule has 2 aromatic rings. The van der Waals surface area contributed by atoms with E-state index >= 15 is 0 Å². The molecule has 0 bridgehead atoms. The number of nitrogens with one attached hydrogen (secondary N) is 1. The zero-order chi connectivity index (χ0) is 14.9. The number of thiazole rings is 1. The average molecular weight is 402 g/mol. The van der Waals surface area contributed by atoms with Crippen molar-refractivity contribution >= 4 is 39.8 Å². The standard InChI is InChI=1S/C14H15IN2O2S/c1-7-13(20-9(3)16-7)8(2)17-14(19)10-4-5-11(15)12(18)6-10/h4-6,8,18H,1-3H3,(H,17,19). The Kier molecular flexibility index (Phi) is 4.64. The summed E-state index contributed by atoms with van der Waals surface area (Å²) in [4.78, 5) is 17.6. The number of hydrogen-bond acceptors (Lipinski definition) is 4. The van der Waals surface area contributed by atoms with Crippen molar-refractivity contribution in [1.29, 1.82) is 0 Å². The van der Waals surface area contributed by atoms with E-state index in [9.17, 15) is 9.90 Å². The summed E-state index contributed by atoms with van der Waals surface area (Å²) >= 11 is 3.61. The third-order valence-electron chi connectivity index (χ3n) is 2.89. The molecular formula is C14H15IN2O2S. The molecule has 0 fully saturated rings. The summed E-state index contributed by atoms with van der Waals surface area (Å²) < 4.78 is 0.723. The Morgan fingerprint density at radius 2 is 2.15 bits per heavy atom. The molecule has 0 spiro atoms. The fourth-order valence-electron chi connectivity index (χ4n) is 1.95. The number of nitrogens with zero attached hydrogens (tertiary/aromatic N) is 1. The third kappa shape index (κ3) is 3.29. The zero-order valence-electron chi connectivity index (χ0n) is 11.4. The van der Waals surface area contributed by atoms with Gasteiger partial charge >= 0.3 is 0 Å². The van der Waals surface area contributed by atoms with Gasteiger partial charge in [-0.3, -0.25) is 4.79 Å². The van der Waals surface area contributed by atoms with Crippen molar-refractivity contribution in [3.8, 4) is 5.75 Å². The second kappa shape index (κ2) is 6.09. The summed E-state index contributed by atoms with van der Waals surface area (Å²) in [6, 6.07) is 4.80. The van der Waals surface area contributed by atoms with Crippen LogP contribution in [0.2, 0.25) is 0 Å². The van der Waals surface area contributed by atoms with Crippen molar-refractivity contribution in [1.82, 2.24) is 10.3 Å². The number of halogens is 1. The van der Waals surface area contributed by atoms with Crippen molar-refractivity contribution in [3.63, 3.8) is 0 Å². The first-order valence-corrected chi connectivity index (χ1v) is 8.01. The highest BCUT2D eigenvalue weighted by Gasteiger charge is 2.16. The summed E-state index contributed by atoms with van der Waals surface area (Å²) in [7, 11) is 0. The first-order chi connectivity index (χ1) is 9.38. The van der Waals surface area contributed by atoms with E-state index in [2.05, 4.69) is 10.3 Å². The Labute approximate surface area is 135 Å². The maximum Gasteiger partial charge on any atom is 0.251 e. The highest BCUT2D eigenvalue weighted by atomic mass is 127. The number of aromatic nitrogens is 1. The number of amides is 1. The Bertz CT molecular complexity index is 655. The molecule has 0 aliphatic heterocycles. The number of benzene rings is 1. The molecule has 1 amide bonds. The molecule has 1 aromatic heterocycles. The normalized spacial score (nSPS) is 12.2. The van der Waals surface area contributed by atoms with E-state index in [1.807, 2.05) is 43.4 Å². The van der Waals surface area contributed by atoms with Crippen molar-refractivity contribution in [2.75, 3.05) is 0 Å². The number of carbonyl (C=O) groups is 1. The second-order valence-electron chi connectivity index (χ2n) is 4.54. The lowest BCUT2D eigenvalue weighted by molar-refractivity contribution is 0.0940. The highest BCUT2D eigenvalue weighted by molar-refractivity contribution is 14.1. The Balaban J connectivity index is 2.15. The largest absolute Gasteiger partial charge is 0.507 e. The average Bonchev–Trinajstić information content (AvgIpc) is 2.71. The molecular weight excluding hydrogens is 387 g/mol. The molecule has 0 aliphatic carbocycles. The van der Waals surface area contributed by atoms with Crippen LogP contribution in [0.25, 0.3) is 0 Å². The number of hydrogen-bond donors (Lipinski definition) is 2. The summed E-state index contributed by atoms with van der Waals surface area (Å²) in [5.74, 6) is -0.0784. The van der Waals surface area contributed by atoms with Gasteiger partial charge in [-0.15, -0.1) is 11.3 Å². The zero-order valence-corrected chi connectivity index (χ0v) is 14.4. The molecule has 2 N–H and O–H groups in total. The first kappa shape index (κ1) is 15.2. The maximum atomic E-state index is 12.2. The summed E-state index contributed by atoms with van der Waals surface area (Å²) in [5, 5.41) is 13.6. The smallest absolute Gasteiger partial charge is 0.251 e. The van der Waals surface area contributed by atoms with E-state index < -0.39 is 0 Å². The van der Waals surface area contributed by atoms with E-state index in [0.717, 1.165) is 19.1 Å². The Hall–Kier alpha value is -1.15. The van der Waals surface area contributed by atoms with E-state index in [1.165, 1.54) is 6.07 Å². The van der Waals surface area contributed by atoms with Gasteiger partial charge in [-0.25, -0.2) is 4.98 Å². The molecule has 4 nitrogen and oxygen atoms in total. The second-order valence-corrected chi connectivity index (χ2v) is 6.94. The number of aryl methyl sites for hydroxylation is 2.